The molecule has 0 aliphatic carbocycles. The molecule has 1 unspecified atom stereocenters. The Labute approximate surface area is 107 Å². The number of benzene rings is 1. The average molecular weight is 243 g/mol. The molecular formula is C14H17N3O. The molecule has 1 heterocycles. The Bertz CT molecular complexity index is 476. The van der Waals surface area contributed by atoms with Gasteiger partial charge in [-0.25, -0.2) is 0 Å². The van der Waals surface area contributed by atoms with Crippen LogP contribution < -0.4 is 10.2 Å². The Morgan fingerprint density at radius 1 is 1.50 bits per heavy atom. The summed E-state index contributed by atoms with van der Waals surface area (Å²) in [7, 11) is 0. The molecule has 2 rings (SSSR count). The number of para-hydroxylation sites is 1. The van der Waals surface area contributed by atoms with Gasteiger partial charge in [-0.3, -0.25) is 4.79 Å². The summed E-state index contributed by atoms with van der Waals surface area (Å²) < 4.78 is 0. The van der Waals surface area contributed by atoms with E-state index in [2.05, 4.69) is 11.4 Å². The molecule has 1 aliphatic heterocycles. The molecule has 94 valence electrons. The molecular weight excluding hydrogens is 226 g/mol. The molecule has 1 amide bonds. The number of rotatable bonds is 3. The molecule has 1 N–H and O–H groups in total. The number of nitrogens with one attached hydrogen (secondary N) is 1. The predicted molar refractivity (Wildman–Crippen MR) is 70.2 cm³/mol. The molecule has 1 aromatic carbocycles. The molecule has 0 aromatic heterocycles. The topological polar surface area (TPSA) is 56.1 Å². The van der Waals surface area contributed by atoms with Gasteiger partial charge in [0.15, 0.2) is 0 Å². The first-order valence-electron chi connectivity index (χ1n) is 6.31. The number of amides is 1. The molecule has 0 spiro atoms. The summed E-state index contributed by atoms with van der Waals surface area (Å²) in [5.41, 5.74) is 1.29. The Morgan fingerprint density at radius 3 is 3.00 bits per heavy atom. The number of anilines is 1. The summed E-state index contributed by atoms with van der Waals surface area (Å²) in [4.78, 5) is 14.1. The minimum absolute atomic E-state index is 0.0748. The third-order valence-electron chi connectivity index (χ3n) is 3.20. The van der Waals surface area contributed by atoms with Gasteiger partial charge in [0.2, 0.25) is 5.91 Å². The number of nitrogens with zero attached hydrogens (tertiary/aromatic N) is 2. The van der Waals surface area contributed by atoms with E-state index in [1.165, 1.54) is 0 Å². The van der Waals surface area contributed by atoms with E-state index in [0.717, 1.165) is 25.1 Å². The standard InChI is InChI=1S/C14H17N3O/c1-2-16-12-7-5-9-17(14(12)18)13-8-4-3-6-11(13)10-15/h3-4,6,8,12,16H,2,5,7,9H2,1H3. The van der Waals surface area contributed by atoms with Crippen molar-refractivity contribution < 1.29 is 4.79 Å². The molecule has 0 radical (unpaired) electrons. The first-order chi connectivity index (χ1) is 8.77. The number of nitriles is 1. The fourth-order valence-corrected chi connectivity index (χ4v) is 2.35. The van der Waals surface area contributed by atoms with Crippen LogP contribution in [-0.4, -0.2) is 25.0 Å². The van der Waals surface area contributed by atoms with Gasteiger partial charge >= 0.3 is 0 Å². The predicted octanol–water partition coefficient (Wildman–Crippen LogP) is 1.66. The van der Waals surface area contributed by atoms with Crippen LogP contribution in [0.15, 0.2) is 24.3 Å². The van der Waals surface area contributed by atoms with Gasteiger partial charge in [0, 0.05) is 6.54 Å². The van der Waals surface area contributed by atoms with E-state index < -0.39 is 0 Å². The summed E-state index contributed by atoms with van der Waals surface area (Å²) >= 11 is 0. The van der Waals surface area contributed by atoms with Gasteiger partial charge in [-0.05, 0) is 31.5 Å². The lowest BCUT2D eigenvalue weighted by Crippen LogP contribution is -2.51. The van der Waals surface area contributed by atoms with Crippen LogP contribution in [0.1, 0.15) is 25.3 Å². The monoisotopic (exact) mass is 243 g/mol. The molecule has 1 aromatic rings. The Balaban J connectivity index is 2.27. The number of hydrogen-bond donors (Lipinski definition) is 1. The van der Waals surface area contributed by atoms with E-state index >= 15 is 0 Å². The molecule has 18 heavy (non-hydrogen) atoms. The van der Waals surface area contributed by atoms with Crippen molar-refractivity contribution in [2.75, 3.05) is 18.0 Å². The second-order valence-corrected chi connectivity index (χ2v) is 4.37. The van der Waals surface area contributed by atoms with Crippen molar-refractivity contribution in [2.24, 2.45) is 0 Å². The van der Waals surface area contributed by atoms with Gasteiger partial charge < -0.3 is 10.2 Å². The lowest BCUT2D eigenvalue weighted by atomic mass is 10.0. The minimum Gasteiger partial charge on any atom is -0.310 e. The summed E-state index contributed by atoms with van der Waals surface area (Å²) in [5, 5.41) is 12.3. The molecule has 1 atom stereocenters. The molecule has 1 fully saturated rings. The normalized spacial score (nSPS) is 19.7. The van der Waals surface area contributed by atoms with E-state index in [0.29, 0.717) is 12.1 Å². The van der Waals surface area contributed by atoms with Gasteiger partial charge in [0.25, 0.3) is 0 Å². The lowest BCUT2D eigenvalue weighted by molar-refractivity contribution is -0.121. The fraction of sp³-hybridized carbons (Fsp3) is 0.429. The highest BCUT2D eigenvalue weighted by Gasteiger charge is 2.29. The number of likely N-dealkylation sites (N-methyl/N-ethyl adjacent to an activating group) is 1. The smallest absolute Gasteiger partial charge is 0.244 e. The maximum atomic E-state index is 12.3. The summed E-state index contributed by atoms with van der Waals surface area (Å²) in [6.07, 6.45) is 1.83. The largest absolute Gasteiger partial charge is 0.310 e. The van der Waals surface area contributed by atoms with Gasteiger partial charge in [0.05, 0.1) is 17.3 Å². The van der Waals surface area contributed by atoms with Crippen LogP contribution in [0.5, 0.6) is 0 Å². The number of piperidine rings is 1. The zero-order chi connectivity index (χ0) is 13.0. The van der Waals surface area contributed by atoms with E-state index in [4.69, 9.17) is 5.26 Å². The summed E-state index contributed by atoms with van der Waals surface area (Å²) in [6, 6.07) is 9.30. The highest BCUT2D eigenvalue weighted by molar-refractivity contribution is 5.98. The van der Waals surface area contributed by atoms with Crippen molar-refractivity contribution in [3.05, 3.63) is 29.8 Å². The van der Waals surface area contributed by atoms with Crippen molar-refractivity contribution in [3.8, 4) is 6.07 Å². The zero-order valence-corrected chi connectivity index (χ0v) is 10.5. The van der Waals surface area contributed by atoms with Crippen molar-refractivity contribution in [1.29, 1.82) is 5.26 Å². The van der Waals surface area contributed by atoms with Crippen LogP contribution in [0.3, 0.4) is 0 Å². The third-order valence-corrected chi connectivity index (χ3v) is 3.20. The zero-order valence-electron chi connectivity index (χ0n) is 10.5. The van der Waals surface area contributed by atoms with Crippen molar-refractivity contribution in [1.82, 2.24) is 5.32 Å². The van der Waals surface area contributed by atoms with Crippen molar-refractivity contribution >= 4 is 11.6 Å². The van der Waals surface area contributed by atoms with Crippen LogP contribution in [0.2, 0.25) is 0 Å². The minimum atomic E-state index is -0.115. The highest BCUT2D eigenvalue weighted by Crippen LogP contribution is 2.24. The van der Waals surface area contributed by atoms with Crippen LogP contribution in [-0.2, 0) is 4.79 Å². The van der Waals surface area contributed by atoms with Gasteiger partial charge in [-0.1, -0.05) is 19.1 Å². The number of carbonyl (C=O) groups excluding carboxylic acids is 1. The maximum Gasteiger partial charge on any atom is 0.244 e. The second-order valence-electron chi connectivity index (χ2n) is 4.37. The SMILES string of the molecule is CCNC1CCCN(c2ccccc2C#N)C1=O. The third kappa shape index (κ3) is 2.36. The molecule has 1 saturated heterocycles. The molecule has 4 heteroatoms. The molecule has 0 saturated carbocycles. The van der Waals surface area contributed by atoms with Crippen LogP contribution in [0.4, 0.5) is 5.69 Å². The molecule has 0 bridgehead atoms. The quantitative estimate of drug-likeness (QED) is 0.878. The van der Waals surface area contributed by atoms with Gasteiger partial charge in [0.1, 0.15) is 6.07 Å². The van der Waals surface area contributed by atoms with Crippen LogP contribution in [0, 0.1) is 11.3 Å². The van der Waals surface area contributed by atoms with E-state index in [1.54, 1.807) is 11.0 Å². The summed E-state index contributed by atoms with van der Waals surface area (Å²) in [5.74, 6) is 0.0748. The molecule has 4 nitrogen and oxygen atoms in total. The van der Waals surface area contributed by atoms with E-state index in [9.17, 15) is 4.79 Å². The molecule has 1 aliphatic rings. The van der Waals surface area contributed by atoms with Crippen LogP contribution in [0.25, 0.3) is 0 Å². The number of carbonyl (C=O) groups is 1. The van der Waals surface area contributed by atoms with Crippen LogP contribution >= 0.6 is 0 Å². The first-order valence-corrected chi connectivity index (χ1v) is 6.31. The highest BCUT2D eigenvalue weighted by atomic mass is 16.2. The van der Waals surface area contributed by atoms with E-state index in [-0.39, 0.29) is 11.9 Å². The fourth-order valence-electron chi connectivity index (χ4n) is 2.35. The maximum absolute atomic E-state index is 12.3. The van der Waals surface area contributed by atoms with E-state index in [1.807, 2.05) is 25.1 Å². The number of hydrogen-bond acceptors (Lipinski definition) is 3. The second kappa shape index (κ2) is 5.65. The lowest BCUT2D eigenvalue weighted by Gasteiger charge is -2.33. The summed E-state index contributed by atoms with van der Waals surface area (Å²) in [6.45, 7) is 3.47. The Morgan fingerprint density at radius 2 is 2.28 bits per heavy atom. The van der Waals surface area contributed by atoms with Gasteiger partial charge in [-0.15, -0.1) is 0 Å². The van der Waals surface area contributed by atoms with Crippen molar-refractivity contribution in [3.63, 3.8) is 0 Å². The van der Waals surface area contributed by atoms with Crippen molar-refractivity contribution in [2.45, 2.75) is 25.8 Å². The van der Waals surface area contributed by atoms with Gasteiger partial charge in [-0.2, -0.15) is 5.26 Å². The Kier molecular flexibility index (Phi) is 3.96. The Hall–Kier alpha value is -1.86. The first kappa shape index (κ1) is 12.6. The average Bonchev–Trinajstić information content (AvgIpc) is 2.41.